The number of fused-ring (bicyclic) bond motifs is 1. The molecular weight excluding hydrogens is 274 g/mol. The molecule has 0 N–H and O–H groups in total. The van der Waals surface area contributed by atoms with Crippen LogP contribution in [0.2, 0.25) is 0 Å². The fraction of sp³-hybridized carbons (Fsp3) is 0.500. The Kier molecular flexibility index (Phi) is 3.76. The average Bonchev–Trinajstić information content (AvgIpc) is 2.51. The third kappa shape index (κ3) is 2.45. The van der Waals surface area contributed by atoms with Crippen molar-refractivity contribution >= 4 is 23.5 Å². The molecule has 6 heteroatoms. The van der Waals surface area contributed by atoms with Gasteiger partial charge in [0.1, 0.15) is 5.52 Å². The van der Waals surface area contributed by atoms with Crippen LogP contribution in [0, 0.1) is 5.41 Å². The van der Waals surface area contributed by atoms with E-state index in [4.69, 9.17) is 4.74 Å². The number of ether oxygens (including phenoxy) is 1. The molecule has 0 unspecified atom stereocenters. The minimum atomic E-state index is -0.0803. The number of benzene rings is 1. The highest BCUT2D eigenvalue weighted by molar-refractivity contribution is 7.80. The minimum absolute atomic E-state index is 0.0255. The minimum Gasteiger partial charge on any atom is -0.381 e. The van der Waals surface area contributed by atoms with Gasteiger partial charge in [-0.2, -0.15) is 12.6 Å². The summed E-state index contributed by atoms with van der Waals surface area (Å²) < 4.78 is 6.88. The Hall–Kier alpha value is -1.40. The van der Waals surface area contributed by atoms with Gasteiger partial charge >= 0.3 is 0 Å². The lowest BCUT2D eigenvalue weighted by atomic mass is 9.82. The molecule has 1 saturated heterocycles. The number of rotatable bonds is 3. The molecule has 2 aromatic rings. The van der Waals surface area contributed by atoms with E-state index in [0.717, 1.165) is 31.8 Å². The standard InChI is InChI=1S/C14H17N3O2S/c18-13-11-3-1-2-4-12(11)15-16-17(13)9-14(10-20)5-7-19-8-6-14/h1-4,20H,5-10H2. The van der Waals surface area contributed by atoms with Gasteiger partial charge in [0.2, 0.25) is 0 Å². The maximum atomic E-state index is 12.5. The second-order valence-electron chi connectivity index (χ2n) is 5.34. The molecule has 106 valence electrons. The highest BCUT2D eigenvalue weighted by Gasteiger charge is 2.32. The maximum absolute atomic E-state index is 12.5. The second kappa shape index (κ2) is 5.54. The van der Waals surface area contributed by atoms with Gasteiger partial charge in [0.05, 0.1) is 11.9 Å². The largest absolute Gasteiger partial charge is 0.381 e. The smallest absolute Gasteiger partial charge is 0.277 e. The lowest BCUT2D eigenvalue weighted by molar-refractivity contribution is 0.0155. The summed E-state index contributed by atoms with van der Waals surface area (Å²) in [6.07, 6.45) is 1.80. The van der Waals surface area contributed by atoms with Gasteiger partial charge in [0.25, 0.3) is 5.56 Å². The van der Waals surface area contributed by atoms with E-state index in [1.165, 1.54) is 4.68 Å². The van der Waals surface area contributed by atoms with Crippen molar-refractivity contribution in [1.29, 1.82) is 0 Å². The third-order valence-corrected chi connectivity index (χ3v) is 4.67. The molecule has 0 atom stereocenters. The molecule has 3 rings (SSSR count). The van der Waals surface area contributed by atoms with Crippen LogP contribution in [0.25, 0.3) is 10.9 Å². The Morgan fingerprint density at radius 3 is 2.80 bits per heavy atom. The van der Waals surface area contributed by atoms with Crippen molar-refractivity contribution in [2.75, 3.05) is 19.0 Å². The summed E-state index contributed by atoms with van der Waals surface area (Å²) in [5.41, 5.74) is 0.534. The topological polar surface area (TPSA) is 57.0 Å². The summed E-state index contributed by atoms with van der Waals surface area (Å²) >= 11 is 4.47. The molecule has 0 spiro atoms. The van der Waals surface area contributed by atoms with E-state index in [1.54, 1.807) is 12.1 Å². The molecule has 1 aliphatic heterocycles. The van der Waals surface area contributed by atoms with Crippen molar-refractivity contribution in [3.63, 3.8) is 0 Å². The van der Waals surface area contributed by atoms with Crippen molar-refractivity contribution in [2.24, 2.45) is 5.41 Å². The van der Waals surface area contributed by atoms with Crippen molar-refractivity contribution < 1.29 is 4.74 Å². The first kappa shape index (κ1) is 13.6. The molecule has 1 fully saturated rings. The van der Waals surface area contributed by atoms with Crippen LogP contribution in [0.15, 0.2) is 29.1 Å². The Morgan fingerprint density at radius 2 is 2.05 bits per heavy atom. The van der Waals surface area contributed by atoms with Crippen LogP contribution in [-0.4, -0.2) is 34.0 Å². The Morgan fingerprint density at radius 1 is 1.30 bits per heavy atom. The second-order valence-corrected chi connectivity index (χ2v) is 5.66. The first-order valence-electron chi connectivity index (χ1n) is 6.75. The molecule has 0 saturated carbocycles. The molecular formula is C14H17N3O2S. The zero-order valence-electron chi connectivity index (χ0n) is 11.2. The molecule has 0 amide bonds. The van der Waals surface area contributed by atoms with E-state index in [2.05, 4.69) is 22.9 Å². The van der Waals surface area contributed by atoms with Crippen molar-refractivity contribution in [2.45, 2.75) is 19.4 Å². The molecule has 20 heavy (non-hydrogen) atoms. The predicted octanol–water partition coefficient (Wildman–Crippen LogP) is 1.52. The molecule has 1 aromatic heterocycles. The van der Waals surface area contributed by atoms with Gasteiger partial charge in [0, 0.05) is 18.6 Å². The zero-order chi connectivity index (χ0) is 14.0. The Labute approximate surface area is 122 Å². The van der Waals surface area contributed by atoms with Gasteiger partial charge in [-0.15, -0.1) is 5.10 Å². The van der Waals surface area contributed by atoms with E-state index in [-0.39, 0.29) is 11.0 Å². The Bertz CT molecular complexity index is 665. The molecule has 0 aliphatic carbocycles. The van der Waals surface area contributed by atoms with Crippen LogP contribution in [0.1, 0.15) is 12.8 Å². The van der Waals surface area contributed by atoms with Gasteiger partial charge in [-0.3, -0.25) is 4.79 Å². The number of hydrogen-bond acceptors (Lipinski definition) is 5. The van der Waals surface area contributed by atoms with Crippen LogP contribution >= 0.6 is 12.6 Å². The van der Waals surface area contributed by atoms with Crippen molar-refractivity contribution in [1.82, 2.24) is 15.0 Å². The van der Waals surface area contributed by atoms with E-state index in [9.17, 15) is 4.79 Å². The molecule has 1 aliphatic rings. The van der Waals surface area contributed by atoms with Gasteiger partial charge < -0.3 is 4.74 Å². The number of thiol groups is 1. The number of aromatic nitrogens is 3. The highest BCUT2D eigenvalue weighted by Crippen LogP contribution is 2.33. The van der Waals surface area contributed by atoms with Crippen molar-refractivity contribution in [3.05, 3.63) is 34.6 Å². The first-order chi connectivity index (χ1) is 9.74. The van der Waals surface area contributed by atoms with Crippen LogP contribution in [0.5, 0.6) is 0 Å². The summed E-state index contributed by atoms with van der Waals surface area (Å²) in [7, 11) is 0. The van der Waals surface area contributed by atoms with E-state index >= 15 is 0 Å². The summed E-state index contributed by atoms with van der Waals surface area (Å²) in [5.74, 6) is 0.720. The monoisotopic (exact) mass is 291 g/mol. The first-order valence-corrected chi connectivity index (χ1v) is 7.39. The Balaban J connectivity index is 1.98. The van der Waals surface area contributed by atoms with E-state index in [0.29, 0.717) is 17.4 Å². The summed E-state index contributed by atoms with van der Waals surface area (Å²) in [6, 6.07) is 7.30. The average molecular weight is 291 g/mol. The van der Waals surface area contributed by atoms with Crippen LogP contribution in [0.3, 0.4) is 0 Å². The van der Waals surface area contributed by atoms with Crippen LogP contribution < -0.4 is 5.56 Å². The maximum Gasteiger partial charge on any atom is 0.277 e. The molecule has 1 aromatic carbocycles. The molecule has 0 radical (unpaired) electrons. The van der Waals surface area contributed by atoms with Gasteiger partial charge in [0.15, 0.2) is 0 Å². The normalized spacial score (nSPS) is 18.2. The zero-order valence-corrected chi connectivity index (χ0v) is 12.1. The number of nitrogens with zero attached hydrogens (tertiary/aromatic N) is 3. The summed E-state index contributed by atoms with van der Waals surface area (Å²) in [4.78, 5) is 12.5. The van der Waals surface area contributed by atoms with E-state index in [1.807, 2.05) is 12.1 Å². The predicted molar refractivity (Wildman–Crippen MR) is 80.1 cm³/mol. The fourth-order valence-electron chi connectivity index (χ4n) is 2.62. The SMILES string of the molecule is O=c1c2ccccc2nnn1CC1(CS)CCOCC1. The summed E-state index contributed by atoms with van der Waals surface area (Å²) in [6.45, 7) is 1.99. The molecule has 0 bridgehead atoms. The van der Waals surface area contributed by atoms with Crippen LogP contribution in [-0.2, 0) is 11.3 Å². The quantitative estimate of drug-likeness (QED) is 0.871. The third-order valence-electron chi connectivity index (χ3n) is 4.00. The number of hydrogen-bond donors (Lipinski definition) is 1. The van der Waals surface area contributed by atoms with E-state index < -0.39 is 0 Å². The molecule has 2 heterocycles. The lowest BCUT2D eigenvalue weighted by Gasteiger charge is -2.35. The molecule has 5 nitrogen and oxygen atoms in total. The van der Waals surface area contributed by atoms with Gasteiger partial charge in [-0.1, -0.05) is 17.3 Å². The fourth-order valence-corrected chi connectivity index (χ4v) is 3.03. The van der Waals surface area contributed by atoms with Crippen LogP contribution in [0.4, 0.5) is 0 Å². The highest BCUT2D eigenvalue weighted by atomic mass is 32.1. The van der Waals surface area contributed by atoms with Gasteiger partial charge in [-0.05, 0) is 30.7 Å². The lowest BCUT2D eigenvalue weighted by Crippen LogP contribution is -2.39. The van der Waals surface area contributed by atoms with Crippen molar-refractivity contribution in [3.8, 4) is 0 Å². The summed E-state index contributed by atoms with van der Waals surface area (Å²) in [5, 5.41) is 8.82. The van der Waals surface area contributed by atoms with Gasteiger partial charge in [-0.25, -0.2) is 4.68 Å².